The lowest BCUT2D eigenvalue weighted by atomic mass is 9.91. The van der Waals surface area contributed by atoms with Crippen LogP contribution in [0.4, 0.5) is 4.39 Å². The molecule has 0 N–H and O–H groups in total. The lowest BCUT2D eigenvalue weighted by molar-refractivity contribution is -0.00904. The molecular formula is C11H14FN3O. The van der Waals surface area contributed by atoms with Crippen LogP contribution in [0.2, 0.25) is 0 Å². The van der Waals surface area contributed by atoms with Gasteiger partial charge in [-0.3, -0.25) is 4.68 Å². The van der Waals surface area contributed by atoms with Crippen molar-refractivity contribution in [3.8, 4) is 6.07 Å². The van der Waals surface area contributed by atoms with Crippen LogP contribution < -0.4 is 0 Å². The van der Waals surface area contributed by atoms with Gasteiger partial charge in [0.25, 0.3) is 0 Å². The van der Waals surface area contributed by atoms with Gasteiger partial charge in [0.15, 0.2) is 5.69 Å². The fourth-order valence-corrected chi connectivity index (χ4v) is 1.96. The number of rotatable bonds is 2. The highest BCUT2D eigenvalue weighted by Gasteiger charge is 2.33. The number of halogens is 1. The lowest BCUT2D eigenvalue weighted by Crippen LogP contribution is -2.34. The van der Waals surface area contributed by atoms with Gasteiger partial charge in [0, 0.05) is 45.2 Å². The maximum Gasteiger partial charge on any atom is 0.162 e. The number of nitrogens with zero attached hydrogens (tertiary/aromatic N) is 3. The van der Waals surface area contributed by atoms with Crippen molar-refractivity contribution >= 4 is 0 Å². The summed E-state index contributed by atoms with van der Waals surface area (Å²) in [5, 5.41) is 12.7. The normalized spacial score (nSPS) is 19.3. The summed E-state index contributed by atoms with van der Waals surface area (Å²) in [5.41, 5.74) is -0.104. The van der Waals surface area contributed by atoms with Crippen molar-refractivity contribution in [1.82, 2.24) is 9.78 Å². The second-order valence-electron chi connectivity index (χ2n) is 4.20. The van der Waals surface area contributed by atoms with Crippen molar-refractivity contribution in [3.63, 3.8) is 0 Å². The van der Waals surface area contributed by atoms with E-state index in [4.69, 9.17) is 10.00 Å². The van der Waals surface area contributed by atoms with Crippen LogP contribution >= 0.6 is 0 Å². The molecule has 1 saturated heterocycles. The minimum absolute atomic E-state index is 0.307. The van der Waals surface area contributed by atoms with E-state index in [9.17, 15) is 4.39 Å². The SMILES string of the molecule is Cn1nc(C#N)cc1CC1(F)CCOCC1. The van der Waals surface area contributed by atoms with E-state index in [-0.39, 0.29) is 0 Å². The van der Waals surface area contributed by atoms with E-state index in [1.165, 1.54) is 0 Å². The van der Waals surface area contributed by atoms with E-state index in [1.807, 2.05) is 6.07 Å². The summed E-state index contributed by atoms with van der Waals surface area (Å²) >= 11 is 0. The molecule has 1 aliphatic heterocycles. The van der Waals surface area contributed by atoms with Gasteiger partial charge < -0.3 is 4.74 Å². The number of aryl methyl sites for hydroxylation is 1. The van der Waals surface area contributed by atoms with Gasteiger partial charge in [0.05, 0.1) is 0 Å². The summed E-state index contributed by atoms with van der Waals surface area (Å²) in [6, 6.07) is 3.61. The highest BCUT2D eigenvalue weighted by atomic mass is 19.1. The number of ether oxygens (including phenoxy) is 1. The van der Waals surface area contributed by atoms with Gasteiger partial charge in [-0.25, -0.2) is 4.39 Å². The first kappa shape index (κ1) is 11.1. The summed E-state index contributed by atoms with van der Waals surface area (Å²) in [6.45, 7) is 0.943. The maximum atomic E-state index is 14.3. The number of hydrogen-bond acceptors (Lipinski definition) is 3. The Morgan fingerprint density at radius 3 is 2.88 bits per heavy atom. The molecule has 5 heteroatoms. The van der Waals surface area contributed by atoms with Crippen molar-refractivity contribution in [2.75, 3.05) is 13.2 Å². The second-order valence-corrected chi connectivity index (χ2v) is 4.20. The number of nitriles is 1. The molecule has 0 spiro atoms. The Bertz CT molecular complexity index is 415. The van der Waals surface area contributed by atoms with Crippen LogP contribution in [0.1, 0.15) is 24.2 Å². The predicted octanol–water partition coefficient (Wildman–Crippen LogP) is 1.35. The average Bonchev–Trinajstić information content (AvgIpc) is 2.60. The molecule has 0 atom stereocenters. The highest BCUT2D eigenvalue weighted by Crippen LogP contribution is 2.29. The summed E-state index contributed by atoms with van der Waals surface area (Å²) in [4.78, 5) is 0. The molecule has 16 heavy (non-hydrogen) atoms. The second kappa shape index (κ2) is 4.22. The van der Waals surface area contributed by atoms with Crippen LogP contribution in [0.3, 0.4) is 0 Å². The molecule has 0 unspecified atom stereocenters. The maximum absolute atomic E-state index is 14.3. The van der Waals surface area contributed by atoms with Gasteiger partial charge in [0.1, 0.15) is 11.7 Å². The molecule has 1 aliphatic rings. The van der Waals surface area contributed by atoms with E-state index in [0.29, 0.717) is 38.2 Å². The van der Waals surface area contributed by atoms with Gasteiger partial charge in [-0.05, 0) is 6.07 Å². The van der Waals surface area contributed by atoms with Gasteiger partial charge in [-0.1, -0.05) is 0 Å². The van der Waals surface area contributed by atoms with Gasteiger partial charge in [0.2, 0.25) is 0 Å². The monoisotopic (exact) mass is 223 g/mol. The van der Waals surface area contributed by atoms with Crippen molar-refractivity contribution in [3.05, 3.63) is 17.5 Å². The summed E-state index contributed by atoms with van der Waals surface area (Å²) in [7, 11) is 1.73. The summed E-state index contributed by atoms with van der Waals surface area (Å²) in [5.74, 6) is 0. The van der Waals surface area contributed by atoms with Gasteiger partial charge in [-0.2, -0.15) is 10.4 Å². The third-order valence-corrected chi connectivity index (χ3v) is 2.98. The fraction of sp³-hybridized carbons (Fsp3) is 0.636. The molecule has 0 aliphatic carbocycles. The van der Waals surface area contributed by atoms with E-state index >= 15 is 0 Å². The quantitative estimate of drug-likeness (QED) is 0.760. The van der Waals surface area contributed by atoms with Crippen molar-refractivity contribution in [2.45, 2.75) is 24.9 Å². The Kier molecular flexibility index (Phi) is 2.92. The first-order valence-corrected chi connectivity index (χ1v) is 5.33. The number of aromatic nitrogens is 2. The third-order valence-electron chi connectivity index (χ3n) is 2.98. The van der Waals surface area contributed by atoms with Crippen LogP contribution in [-0.2, 0) is 18.2 Å². The van der Waals surface area contributed by atoms with Crippen molar-refractivity contribution < 1.29 is 9.13 Å². The number of alkyl halides is 1. The van der Waals surface area contributed by atoms with E-state index in [2.05, 4.69) is 5.10 Å². The van der Waals surface area contributed by atoms with E-state index in [0.717, 1.165) is 5.69 Å². The van der Waals surface area contributed by atoms with E-state index < -0.39 is 5.67 Å². The smallest absolute Gasteiger partial charge is 0.162 e. The molecule has 0 aromatic carbocycles. The van der Waals surface area contributed by atoms with Crippen LogP contribution in [0.15, 0.2) is 6.07 Å². The Morgan fingerprint density at radius 1 is 1.62 bits per heavy atom. The first-order valence-electron chi connectivity index (χ1n) is 5.33. The molecule has 1 aromatic rings. The molecule has 86 valence electrons. The zero-order valence-corrected chi connectivity index (χ0v) is 9.24. The third kappa shape index (κ3) is 2.22. The van der Waals surface area contributed by atoms with Crippen molar-refractivity contribution in [1.29, 1.82) is 5.26 Å². The van der Waals surface area contributed by atoms with Crippen LogP contribution in [0, 0.1) is 11.3 Å². The standard InChI is InChI=1S/C11H14FN3O/c1-15-10(6-9(8-13)14-15)7-11(12)2-4-16-5-3-11/h6H,2-5,7H2,1H3. The Balaban J connectivity index is 2.13. The van der Waals surface area contributed by atoms with Gasteiger partial charge >= 0.3 is 0 Å². The Hall–Kier alpha value is -1.41. The minimum atomic E-state index is -1.21. The number of hydrogen-bond donors (Lipinski definition) is 0. The first-order chi connectivity index (χ1) is 7.63. The molecular weight excluding hydrogens is 209 g/mol. The molecule has 1 aromatic heterocycles. The molecule has 0 bridgehead atoms. The van der Waals surface area contributed by atoms with Crippen LogP contribution in [0.25, 0.3) is 0 Å². The molecule has 4 nitrogen and oxygen atoms in total. The molecule has 2 rings (SSSR count). The summed E-state index contributed by atoms with van der Waals surface area (Å²) < 4.78 is 21.1. The van der Waals surface area contributed by atoms with Crippen LogP contribution in [0.5, 0.6) is 0 Å². The topological polar surface area (TPSA) is 50.8 Å². The molecule has 0 saturated carbocycles. The Morgan fingerprint density at radius 2 is 2.31 bits per heavy atom. The zero-order chi connectivity index (χ0) is 11.6. The molecule has 2 heterocycles. The van der Waals surface area contributed by atoms with E-state index in [1.54, 1.807) is 17.8 Å². The minimum Gasteiger partial charge on any atom is -0.381 e. The highest BCUT2D eigenvalue weighted by molar-refractivity contribution is 5.23. The molecule has 0 radical (unpaired) electrons. The van der Waals surface area contributed by atoms with Gasteiger partial charge in [-0.15, -0.1) is 0 Å². The molecule has 1 fully saturated rings. The van der Waals surface area contributed by atoms with Crippen LogP contribution in [-0.4, -0.2) is 28.7 Å². The molecule has 0 amide bonds. The zero-order valence-electron chi connectivity index (χ0n) is 9.24. The fourth-order valence-electron chi connectivity index (χ4n) is 1.96. The predicted molar refractivity (Wildman–Crippen MR) is 55.5 cm³/mol. The average molecular weight is 223 g/mol. The largest absolute Gasteiger partial charge is 0.381 e. The lowest BCUT2D eigenvalue weighted by Gasteiger charge is -2.29. The summed E-state index contributed by atoms with van der Waals surface area (Å²) in [6.07, 6.45) is 1.14. The van der Waals surface area contributed by atoms with Crippen molar-refractivity contribution in [2.24, 2.45) is 7.05 Å². The Labute approximate surface area is 93.6 Å².